The molecule has 2 rings (SSSR count). The first-order valence-corrected chi connectivity index (χ1v) is 4.61. The molecule has 1 heterocycles. The average molecular weight is 236 g/mol. The van der Waals surface area contributed by atoms with Gasteiger partial charge in [-0.1, -0.05) is 0 Å². The lowest BCUT2D eigenvalue weighted by Gasteiger charge is -2.04. The first-order chi connectivity index (χ1) is 8.02. The van der Waals surface area contributed by atoms with E-state index in [1.165, 1.54) is 19.2 Å². The fourth-order valence-electron chi connectivity index (χ4n) is 1.47. The number of phenolic OH excluding ortho intramolecular Hbond substituents is 1. The van der Waals surface area contributed by atoms with Crippen LogP contribution in [0.3, 0.4) is 0 Å². The Kier molecular flexibility index (Phi) is 2.47. The minimum absolute atomic E-state index is 0.0354. The van der Waals surface area contributed by atoms with Gasteiger partial charge in [-0.15, -0.1) is 0 Å². The van der Waals surface area contributed by atoms with Gasteiger partial charge in [0.1, 0.15) is 22.5 Å². The van der Waals surface area contributed by atoms with Crippen molar-refractivity contribution in [2.75, 3.05) is 7.11 Å². The minimum Gasteiger partial charge on any atom is -0.507 e. The van der Waals surface area contributed by atoms with Crippen molar-refractivity contribution in [1.82, 2.24) is 0 Å². The molecule has 0 saturated carbocycles. The number of carboxylic acids is 1. The Morgan fingerprint density at radius 1 is 1.35 bits per heavy atom. The van der Waals surface area contributed by atoms with E-state index in [1.807, 2.05) is 0 Å². The highest BCUT2D eigenvalue weighted by atomic mass is 16.5. The predicted molar refractivity (Wildman–Crippen MR) is 57.7 cm³/mol. The van der Waals surface area contributed by atoms with Gasteiger partial charge in [0.15, 0.2) is 5.43 Å². The van der Waals surface area contributed by atoms with Gasteiger partial charge in [0.2, 0.25) is 5.76 Å². The zero-order chi connectivity index (χ0) is 12.6. The van der Waals surface area contributed by atoms with Crippen LogP contribution < -0.4 is 10.2 Å². The summed E-state index contributed by atoms with van der Waals surface area (Å²) in [6.07, 6.45) is 0. The highest BCUT2D eigenvalue weighted by Gasteiger charge is 2.14. The topological polar surface area (TPSA) is 97.0 Å². The number of benzene rings is 1. The van der Waals surface area contributed by atoms with Crippen molar-refractivity contribution >= 4 is 16.9 Å². The highest BCUT2D eigenvalue weighted by Crippen LogP contribution is 2.28. The van der Waals surface area contributed by atoms with Crippen LogP contribution in [-0.4, -0.2) is 23.3 Å². The van der Waals surface area contributed by atoms with Crippen molar-refractivity contribution < 1.29 is 24.2 Å². The second-order valence-electron chi connectivity index (χ2n) is 3.30. The molecule has 6 heteroatoms. The standard InChI is InChI=1S/C11H8O6/c1-16-5-2-6(12)10-7(13)4-9(11(14)15)17-8(10)3-5/h2-4,12H,1H3,(H,14,15). The summed E-state index contributed by atoms with van der Waals surface area (Å²) in [4.78, 5) is 22.3. The van der Waals surface area contributed by atoms with Crippen LogP contribution in [0.2, 0.25) is 0 Å². The van der Waals surface area contributed by atoms with E-state index in [4.69, 9.17) is 14.3 Å². The Bertz CT molecular complexity index is 655. The molecule has 0 atom stereocenters. The van der Waals surface area contributed by atoms with Crippen LogP contribution in [0, 0.1) is 0 Å². The number of rotatable bonds is 2. The molecular weight excluding hydrogens is 228 g/mol. The maximum atomic E-state index is 11.6. The van der Waals surface area contributed by atoms with E-state index in [9.17, 15) is 14.7 Å². The molecule has 2 aromatic rings. The van der Waals surface area contributed by atoms with E-state index in [1.54, 1.807) is 0 Å². The van der Waals surface area contributed by atoms with E-state index < -0.39 is 17.2 Å². The first kappa shape index (κ1) is 11.0. The monoisotopic (exact) mass is 236 g/mol. The van der Waals surface area contributed by atoms with Crippen LogP contribution in [0.4, 0.5) is 0 Å². The normalized spacial score (nSPS) is 10.4. The van der Waals surface area contributed by atoms with Crippen LogP contribution in [0.1, 0.15) is 10.6 Å². The molecule has 0 amide bonds. The molecule has 1 aromatic heterocycles. The summed E-state index contributed by atoms with van der Waals surface area (Å²) >= 11 is 0. The lowest BCUT2D eigenvalue weighted by molar-refractivity contribution is 0.0663. The summed E-state index contributed by atoms with van der Waals surface area (Å²) in [5.41, 5.74) is -0.657. The molecule has 0 radical (unpaired) electrons. The van der Waals surface area contributed by atoms with Crippen LogP contribution in [0.5, 0.6) is 11.5 Å². The molecule has 0 aliphatic carbocycles. The summed E-state index contributed by atoms with van der Waals surface area (Å²) in [7, 11) is 1.37. The number of ether oxygens (including phenoxy) is 1. The number of aromatic hydroxyl groups is 1. The third-order valence-corrected chi connectivity index (χ3v) is 2.23. The quantitative estimate of drug-likeness (QED) is 0.813. The maximum absolute atomic E-state index is 11.6. The first-order valence-electron chi connectivity index (χ1n) is 4.61. The van der Waals surface area contributed by atoms with Crippen molar-refractivity contribution in [2.24, 2.45) is 0 Å². The van der Waals surface area contributed by atoms with Crippen molar-refractivity contribution in [3.05, 3.63) is 34.2 Å². The largest absolute Gasteiger partial charge is 0.507 e. The van der Waals surface area contributed by atoms with Crippen LogP contribution >= 0.6 is 0 Å². The lowest BCUT2D eigenvalue weighted by Crippen LogP contribution is -2.06. The Labute approximate surface area is 94.7 Å². The molecule has 0 unspecified atom stereocenters. The van der Waals surface area contributed by atoms with E-state index in [-0.39, 0.29) is 22.5 Å². The second kappa shape index (κ2) is 3.82. The third-order valence-electron chi connectivity index (χ3n) is 2.23. The zero-order valence-corrected chi connectivity index (χ0v) is 8.76. The smallest absolute Gasteiger partial charge is 0.371 e. The molecule has 6 nitrogen and oxygen atoms in total. The number of methoxy groups -OCH3 is 1. The maximum Gasteiger partial charge on any atom is 0.371 e. The minimum atomic E-state index is -1.36. The van der Waals surface area contributed by atoms with E-state index in [0.717, 1.165) is 6.07 Å². The summed E-state index contributed by atoms with van der Waals surface area (Å²) in [5, 5.41) is 18.3. The highest BCUT2D eigenvalue weighted by molar-refractivity contribution is 5.90. The number of carbonyl (C=O) groups is 1. The molecule has 0 saturated heterocycles. The number of hydrogen-bond acceptors (Lipinski definition) is 5. The average Bonchev–Trinajstić information content (AvgIpc) is 2.27. The molecule has 0 aliphatic rings. The Morgan fingerprint density at radius 3 is 2.65 bits per heavy atom. The van der Waals surface area contributed by atoms with Crippen molar-refractivity contribution in [2.45, 2.75) is 0 Å². The number of phenols is 1. The number of carboxylic acid groups (broad SMARTS) is 1. The van der Waals surface area contributed by atoms with Gasteiger partial charge in [0.25, 0.3) is 0 Å². The summed E-state index contributed by atoms with van der Waals surface area (Å²) in [6, 6.07) is 3.40. The molecule has 17 heavy (non-hydrogen) atoms. The van der Waals surface area contributed by atoms with Gasteiger partial charge < -0.3 is 19.4 Å². The number of aromatic carboxylic acids is 1. The van der Waals surface area contributed by atoms with E-state index >= 15 is 0 Å². The van der Waals surface area contributed by atoms with E-state index in [0.29, 0.717) is 0 Å². The van der Waals surface area contributed by atoms with Crippen LogP contribution in [0.25, 0.3) is 11.0 Å². The Hall–Kier alpha value is -2.50. The SMILES string of the molecule is COc1cc(O)c2c(=O)cc(C(=O)O)oc2c1. The van der Waals surface area contributed by atoms with Gasteiger partial charge in [-0.3, -0.25) is 4.79 Å². The van der Waals surface area contributed by atoms with Crippen LogP contribution in [-0.2, 0) is 0 Å². The number of hydrogen-bond donors (Lipinski definition) is 2. The van der Waals surface area contributed by atoms with E-state index in [2.05, 4.69) is 0 Å². The third kappa shape index (κ3) is 1.80. The van der Waals surface area contributed by atoms with Crippen LogP contribution in [0.15, 0.2) is 27.4 Å². The molecule has 0 aliphatic heterocycles. The fourth-order valence-corrected chi connectivity index (χ4v) is 1.47. The van der Waals surface area contributed by atoms with Gasteiger partial charge in [0.05, 0.1) is 7.11 Å². The van der Waals surface area contributed by atoms with Crippen molar-refractivity contribution in [1.29, 1.82) is 0 Å². The summed E-state index contributed by atoms with van der Waals surface area (Å²) in [6.45, 7) is 0. The van der Waals surface area contributed by atoms with Gasteiger partial charge in [-0.25, -0.2) is 4.79 Å². The Balaban J connectivity index is 2.87. The van der Waals surface area contributed by atoms with Gasteiger partial charge >= 0.3 is 5.97 Å². The zero-order valence-electron chi connectivity index (χ0n) is 8.76. The molecule has 0 spiro atoms. The molecule has 1 aromatic carbocycles. The molecule has 88 valence electrons. The molecule has 0 fully saturated rings. The second-order valence-corrected chi connectivity index (χ2v) is 3.30. The van der Waals surface area contributed by atoms with Crippen molar-refractivity contribution in [3.8, 4) is 11.5 Å². The van der Waals surface area contributed by atoms with Gasteiger partial charge in [-0.2, -0.15) is 0 Å². The predicted octanol–water partition coefficient (Wildman–Crippen LogP) is 1.21. The lowest BCUT2D eigenvalue weighted by atomic mass is 10.2. The van der Waals surface area contributed by atoms with Gasteiger partial charge in [0, 0.05) is 18.2 Å². The molecule has 2 N–H and O–H groups in total. The summed E-state index contributed by atoms with van der Waals surface area (Å²) in [5.74, 6) is -1.90. The number of fused-ring (bicyclic) bond motifs is 1. The van der Waals surface area contributed by atoms with Gasteiger partial charge in [-0.05, 0) is 0 Å². The fraction of sp³-hybridized carbons (Fsp3) is 0.0909. The summed E-state index contributed by atoms with van der Waals surface area (Å²) < 4.78 is 9.86. The molecule has 0 bridgehead atoms. The van der Waals surface area contributed by atoms with Crippen molar-refractivity contribution in [3.63, 3.8) is 0 Å². The Morgan fingerprint density at radius 2 is 2.06 bits per heavy atom. The molecular formula is C11H8O6.